The molecule has 194 valence electrons. The Balaban J connectivity index is 1.78. The predicted molar refractivity (Wildman–Crippen MR) is 150 cm³/mol. The standard InChI is InChI=1S/C32H31NO5/c1-21(34)37-20-22-17-28-29(18-26(35-4)19-30(28)36-5)31-27(22)15-16-32(38-31,23-9-7-6-8-10-23)24-11-13-25(14-12-24)33(2)3/h6-19H,20H2,1-5H3. The maximum atomic E-state index is 11.7. The molecule has 0 amide bonds. The van der Waals surface area contributed by atoms with Gasteiger partial charge >= 0.3 is 5.97 Å². The van der Waals surface area contributed by atoms with Crippen LogP contribution in [0.2, 0.25) is 0 Å². The van der Waals surface area contributed by atoms with Gasteiger partial charge in [-0.25, -0.2) is 0 Å². The van der Waals surface area contributed by atoms with Crippen LogP contribution in [0.3, 0.4) is 0 Å². The van der Waals surface area contributed by atoms with Gasteiger partial charge in [0.1, 0.15) is 23.9 Å². The van der Waals surface area contributed by atoms with E-state index in [9.17, 15) is 4.79 Å². The van der Waals surface area contributed by atoms with E-state index >= 15 is 0 Å². The number of benzene rings is 4. The molecule has 0 saturated heterocycles. The molecule has 0 bridgehead atoms. The Hall–Kier alpha value is -4.45. The zero-order chi connectivity index (χ0) is 26.9. The molecule has 0 saturated carbocycles. The quantitative estimate of drug-likeness (QED) is 0.271. The minimum Gasteiger partial charge on any atom is -0.497 e. The molecule has 6 nitrogen and oxygen atoms in total. The highest BCUT2D eigenvalue weighted by Crippen LogP contribution is 2.48. The SMILES string of the molecule is COc1cc(OC)c2cc(COC(C)=O)c3c(c2c1)OC(c1ccccc1)(c1ccc(N(C)C)cc1)C=C3. The number of fused-ring (bicyclic) bond motifs is 3. The molecule has 0 spiro atoms. The second kappa shape index (κ2) is 10.1. The minimum atomic E-state index is -0.887. The molecule has 1 aliphatic rings. The van der Waals surface area contributed by atoms with Gasteiger partial charge in [-0.05, 0) is 30.3 Å². The molecule has 5 rings (SSSR count). The Morgan fingerprint density at radius 2 is 1.61 bits per heavy atom. The van der Waals surface area contributed by atoms with Crippen molar-refractivity contribution in [1.82, 2.24) is 0 Å². The second-order valence-corrected chi connectivity index (χ2v) is 9.46. The lowest BCUT2D eigenvalue weighted by molar-refractivity contribution is -0.142. The van der Waals surface area contributed by atoms with Crippen LogP contribution in [-0.2, 0) is 21.7 Å². The van der Waals surface area contributed by atoms with Gasteiger partial charge in [0.15, 0.2) is 5.60 Å². The van der Waals surface area contributed by atoms with Crippen molar-refractivity contribution in [2.45, 2.75) is 19.1 Å². The van der Waals surface area contributed by atoms with Crippen LogP contribution in [0.5, 0.6) is 17.2 Å². The maximum absolute atomic E-state index is 11.7. The number of anilines is 1. The zero-order valence-electron chi connectivity index (χ0n) is 22.3. The summed E-state index contributed by atoms with van der Waals surface area (Å²) < 4.78 is 23.8. The van der Waals surface area contributed by atoms with Crippen molar-refractivity contribution in [3.05, 3.63) is 101 Å². The van der Waals surface area contributed by atoms with Crippen LogP contribution in [0.4, 0.5) is 5.69 Å². The molecular weight excluding hydrogens is 478 g/mol. The normalized spacial score (nSPS) is 15.9. The highest BCUT2D eigenvalue weighted by molar-refractivity contribution is 5.98. The van der Waals surface area contributed by atoms with Gasteiger partial charge in [0.25, 0.3) is 0 Å². The smallest absolute Gasteiger partial charge is 0.302 e. The highest BCUT2D eigenvalue weighted by Gasteiger charge is 2.38. The molecule has 0 aromatic heterocycles. The van der Waals surface area contributed by atoms with Crippen LogP contribution >= 0.6 is 0 Å². The molecule has 1 atom stereocenters. The topological polar surface area (TPSA) is 57.2 Å². The Morgan fingerprint density at radius 3 is 2.24 bits per heavy atom. The van der Waals surface area contributed by atoms with E-state index in [1.165, 1.54) is 6.92 Å². The van der Waals surface area contributed by atoms with Crippen molar-refractivity contribution in [3.63, 3.8) is 0 Å². The van der Waals surface area contributed by atoms with Crippen molar-refractivity contribution in [1.29, 1.82) is 0 Å². The molecule has 0 N–H and O–H groups in total. The van der Waals surface area contributed by atoms with Gasteiger partial charge in [0.05, 0.1) is 14.2 Å². The third-order valence-corrected chi connectivity index (χ3v) is 6.92. The molecule has 1 aliphatic heterocycles. The monoisotopic (exact) mass is 509 g/mol. The largest absolute Gasteiger partial charge is 0.497 e. The summed E-state index contributed by atoms with van der Waals surface area (Å²) in [7, 11) is 7.30. The Bertz CT molecular complexity index is 1510. The van der Waals surface area contributed by atoms with Crippen molar-refractivity contribution in [2.24, 2.45) is 0 Å². The number of nitrogens with zero attached hydrogens (tertiary/aromatic N) is 1. The van der Waals surface area contributed by atoms with E-state index in [0.717, 1.165) is 38.7 Å². The van der Waals surface area contributed by atoms with Crippen molar-refractivity contribution >= 4 is 28.5 Å². The van der Waals surface area contributed by atoms with Crippen molar-refractivity contribution in [3.8, 4) is 17.2 Å². The molecular formula is C32H31NO5. The van der Waals surface area contributed by atoms with Crippen LogP contribution in [0, 0.1) is 0 Å². The lowest BCUT2D eigenvalue weighted by atomic mass is 9.82. The predicted octanol–water partition coefficient (Wildman–Crippen LogP) is 6.34. The lowest BCUT2D eigenvalue weighted by Crippen LogP contribution is -2.34. The van der Waals surface area contributed by atoms with Gasteiger partial charge in [-0.3, -0.25) is 4.79 Å². The summed E-state index contributed by atoms with van der Waals surface area (Å²) in [5.74, 6) is 1.62. The minimum absolute atomic E-state index is 0.117. The molecule has 1 heterocycles. The Kier molecular flexibility index (Phi) is 6.72. The van der Waals surface area contributed by atoms with Gasteiger partial charge in [-0.15, -0.1) is 0 Å². The first kappa shape index (κ1) is 25.2. The summed E-state index contributed by atoms with van der Waals surface area (Å²) in [6, 6.07) is 24.3. The zero-order valence-corrected chi connectivity index (χ0v) is 22.3. The summed E-state index contributed by atoms with van der Waals surface area (Å²) in [5.41, 5.74) is 3.87. The number of methoxy groups -OCH3 is 2. The second-order valence-electron chi connectivity index (χ2n) is 9.46. The average molecular weight is 510 g/mol. The first-order chi connectivity index (χ1) is 18.4. The Morgan fingerprint density at radius 1 is 0.895 bits per heavy atom. The number of hydrogen-bond acceptors (Lipinski definition) is 6. The summed E-state index contributed by atoms with van der Waals surface area (Å²) in [6.45, 7) is 1.52. The number of hydrogen-bond donors (Lipinski definition) is 0. The van der Waals surface area contributed by atoms with Gasteiger partial charge in [-0.1, -0.05) is 48.5 Å². The molecule has 0 fully saturated rings. The van der Waals surface area contributed by atoms with E-state index in [0.29, 0.717) is 17.2 Å². The van der Waals surface area contributed by atoms with Gasteiger partial charge < -0.3 is 23.8 Å². The van der Waals surface area contributed by atoms with Gasteiger partial charge in [-0.2, -0.15) is 0 Å². The summed E-state index contributed by atoms with van der Waals surface area (Å²) in [6.07, 6.45) is 4.14. The summed E-state index contributed by atoms with van der Waals surface area (Å²) >= 11 is 0. The summed E-state index contributed by atoms with van der Waals surface area (Å²) in [5, 5.41) is 1.69. The third kappa shape index (κ3) is 4.43. The Labute approximate surface area is 223 Å². The first-order valence-corrected chi connectivity index (χ1v) is 12.4. The molecule has 0 radical (unpaired) electrons. The fraction of sp³-hybridized carbons (Fsp3) is 0.219. The molecule has 4 aromatic carbocycles. The van der Waals surface area contributed by atoms with Crippen LogP contribution in [0.15, 0.2) is 78.9 Å². The van der Waals surface area contributed by atoms with E-state index in [1.54, 1.807) is 14.2 Å². The molecule has 6 heteroatoms. The van der Waals surface area contributed by atoms with Crippen LogP contribution in [0.25, 0.3) is 16.8 Å². The average Bonchev–Trinajstić information content (AvgIpc) is 2.95. The molecule has 0 aliphatic carbocycles. The number of carbonyl (C=O) groups is 1. The summed E-state index contributed by atoms with van der Waals surface area (Å²) in [4.78, 5) is 13.8. The molecule has 4 aromatic rings. The highest BCUT2D eigenvalue weighted by atomic mass is 16.5. The van der Waals surface area contributed by atoms with Crippen LogP contribution in [-0.4, -0.2) is 34.3 Å². The number of carbonyl (C=O) groups excluding carboxylic acids is 1. The first-order valence-electron chi connectivity index (χ1n) is 12.4. The van der Waals surface area contributed by atoms with E-state index in [1.807, 2.05) is 50.5 Å². The lowest BCUT2D eigenvalue weighted by Gasteiger charge is -2.37. The van der Waals surface area contributed by atoms with Crippen molar-refractivity contribution in [2.75, 3.05) is 33.2 Å². The van der Waals surface area contributed by atoms with Crippen LogP contribution < -0.4 is 19.1 Å². The van der Waals surface area contributed by atoms with Crippen LogP contribution in [0.1, 0.15) is 29.2 Å². The maximum Gasteiger partial charge on any atom is 0.302 e. The third-order valence-electron chi connectivity index (χ3n) is 6.92. The fourth-order valence-corrected chi connectivity index (χ4v) is 4.92. The van der Waals surface area contributed by atoms with E-state index in [4.69, 9.17) is 18.9 Å². The van der Waals surface area contributed by atoms with Gasteiger partial charge in [0, 0.05) is 65.8 Å². The molecule has 38 heavy (non-hydrogen) atoms. The number of rotatable bonds is 7. The van der Waals surface area contributed by atoms with E-state index in [2.05, 4.69) is 53.5 Å². The fourth-order valence-electron chi connectivity index (χ4n) is 4.92. The van der Waals surface area contributed by atoms with E-state index < -0.39 is 5.60 Å². The van der Waals surface area contributed by atoms with Gasteiger partial charge in [0.2, 0.25) is 0 Å². The van der Waals surface area contributed by atoms with E-state index in [-0.39, 0.29) is 12.6 Å². The number of esters is 1. The molecule has 1 unspecified atom stereocenters. The van der Waals surface area contributed by atoms with Crippen molar-refractivity contribution < 1.29 is 23.7 Å². The number of ether oxygens (including phenoxy) is 4.